The second kappa shape index (κ2) is 3.17. The van der Waals surface area contributed by atoms with E-state index < -0.39 is 0 Å². The van der Waals surface area contributed by atoms with Gasteiger partial charge in [0.2, 0.25) is 0 Å². The summed E-state index contributed by atoms with van der Waals surface area (Å²) in [5.74, 6) is 3.74. The van der Waals surface area contributed by atoms with Gasteiger partial charge in [-0.05, 0) is 50.7 Å². The molecule has 0 bridgehead atoms. The lowest BCUT2D eigenvalue weighted by Crippen LogP contribution is -2.07. The van der Waals surface area contributed by atoms with Crippen LogP contribution in [0.3, 0.4) is 0 Å². The molecule has 3 nitrogen and oxygen atoms in total. The van der Waals surface area contributed by atoms with Crippen LogP contribution in [0.25, 0.3) is 0 Å². The second-order valence-electron chi connectivity index (χ2n) is 5.14. The van der Waals surface area contributed by atoms with E-state index in [4.69, 9.17) is 12.2 Å². The predicted octanol–water partition coefficient (Wildman–Crippen LogP) is 3.04. The van der Waals surface area contributed by atoms with E-state index in [9.17, 15) is 0 Å². The average molecular weight is 223 g/mol. The Kier molecular flexibility index (Phi) is 2.03. The van der Waals surface area contributed by atoms with Crippen LogP contribution in [0.4, 0.5) is 0 Å². The number of rotatable bonds is 2. The van der Waals surface area contributed by atoms with Crippen LogP contribution in [0.1, 0.15) is 50.9 Å². The first-order chi connectivity index (χ1) is 7.20. The van der Waals surface area contributed by atoms with Gasteiger partial charge in [-0.15, -0.1) is 0 Å². The highest BCUT2D eigenvalue weighted by Gasteiger charge is 2.55. The average Bonchev–Trinajstić information content (AvgIpc) is 2.62. The molecule has 2 aliphatic carbocycles. The van der Waals surface area contributed by atoms with Crippen molar-refractivity contribution in [2.24, 2.45) is 11.8 Å². The summed E-state index contributed by atoms with van der Waals surface area (Å²) in [5, 5.41) is 7.37. The zero-order chi connectivity index (χ0) is 10.6. The molecule has 3 rings (SSSR count). The quantitative estimate of drug-likeness (QED) is 0.782. The van der Waals surface area contributed by atoms with Crippen molar-refractivity contribution in [3.8, 4) is 0 Å². The van der Waals surface area contributed by atoms with Crippen molar-refractivity contribution in [1.82, 2.24) is 14.8 Å². The Morgan fingerprint density at radius 1 is 1.40 bits per heavy atom. The van der Waals surface area contributed by atoms with Gasteiger partial charge in [0.1, 0.15) is 5.82 Å². The predicted molar refractivity (Wildman–Crippen MR) is 61.4 cm³/mol. The third kappa shape index (κ3) is 1.30. The summed E-state index contributed by atoms with van der Waals surface area (Å²) in [5.41, 5.74) is 0. The van der Waals surface area contributed by atoms with E-state index >= 15 is 0 Å². The number of hydrogen-bond acceptors (Lipinski definition) is 2. The van der Waals surface area contributed by atoms with E-state index in [1.807, 2.05) is 0 Å². The highest BCUT2D eigenvalue weighted by atomic mass is 32.1. The molecule has 0 saturated heterocycles. The Balaban J connectivity index is 1.96. The molecule has 1 heterocycles. The first kappa shape index (κ1) is 9.58. The number of aromatic amines is 1. The molecular formula is C11H17N3S. The number of aromatic nitrogens is 3. The van der Waals surface area contributed by atoms with E-state index in [2.05, 4.69) is 28.6 Å². The number of nitrogens with one attached hydrogen (secondary N) is 1. The molecule has 2 aliphatic rings. The van der Waals surface area contributed by atoms with Gasteiger partial charge in [-0.2, -0.15) is 5.10 Å². The van der Waals surface area contributed by atoms with Crippen molar-refractivity contribution in [1.29, 1.82) is 0 Å². The Morgan fingerprint density at radius 3 is 2.67 bits per heavy atom. The lowest BCUT2D eigenvalue weighted by atomic mass is 10.1. The van der Waals surface area contributed by atoms with Crippen molar-refractivity contribution in [2.45, 2.75) is 45.1 Å². The van der Waals surface area contributed by atoms with Crippen molar-refractivity contribution in [3.05, 3.63) is 10.6 Å². The standard InChI is InChI=1S/C11H17N3S/c1-6(2)14-10(12-13-11(14)15)9-7-4-3-5-8(7)9/h6-9H,3-5H2,1-2H3,(H,13,15). The van der Waals surface area contributed by atoms with Gasteiger partial charge in [0, 0.05) is 12.0 Å². The largest absolute Gasteiger partial charge is 0.301 e. The maximum Gasteiger partial charge on any atom is 0.195 e. The minimum absolute atomic E-state index is 0.424. The molecule has 0 radical (unpaired) electrons. The lowest BCUT2D eigenvalue weighted by Gasteiger charge is -2.11. The van der Waals surface area contributed by atoms with Crippen molar-refractivity contribution < 1.29 is 0 Å². The molecule has 15 heavy (non-hydrogen) atoms. The summed E-state index contributed by atoms with van der Waals surface area (Å²) in [6.07, 6.45) is 4.21. The summed E-state index contributed by atoms with van der Waals surface area (Å²) in [6.45, 7) is 4.35. The number of nitrogens with zero attached hydrogens (tertiary/aromatic N) is 2. The molecule has 0 amide bonds. The number of hydrogen-bond donors (Lipinski definition) is 1. The van der Waals surface area contributed by atoms with Crippen molar-refractivity contribution in [2.75, 3.05) is 0 Å². The molecule has 2 atom stereocenters. The van der Waals surface area contributed by atoms with Crippen LogP contribution in [-0.4, -0.2) is 14.8 Å². The van der Waals surface area contributed by atoms with Crippen molar-refractivity contribution >= 4 is 12.2 Å². The summed E-state index contributed by atoms with van der Waals surface area (Å²) >= 11 is 5.27. The minimum Gasteiger partial charge on any atom is -0.301 e. The normalized spacial score (nSPS) is 33.4. The Hall–Kier alpha value is -0.640. The molecule has 2 saturated carbocycles. The van der Waals surface area contributed by atoms with E-state index in [1.165, 1.54) is 25.1 Å². The third-order valence-electron chi connectivity index (χ3n) is 3.95. The maximum absolute atomic E-state index is 5.27. The van der Waals surface area contributed by atoms with Crippen LogP contribution in [0.2, 0.25) is 0 Å². The Bertz CT molecular complexity index is 421. The van der Waals surface area contributed by atoms with Crippen LogP contribution in [0.15, 0.2) is 0 Å². The van der Waals surface area contributed by atoms with E-state index in [1.54, 1.807) is 0 Å². The zero-order valence-corrected chi connectivity index (χ0v) is 10.0. The van der Waals surface area contributed by atoms with Crippen LogP contribution >= 0.6 is 12.2 Å². The molecule has 0 aliphatic heterocycles. The third-order valence-corrected chi connectivity index (χ3v) is 4.24. The summed E-state index contributed by atoms with van der Waals surface area (Å²) in [7, 11) is 0. The molecule has 1 aromatic rings. The molecular weight excluding hydrogens is 206 g/mol. The molecule has 4 heteroatoms. The first-order valence-electron chi connectivity index (χ1n) is 5.87. The van der Waals surface area contributed by atoms with Gasteiger partial charge < -0.3 is 4.57 Å². The van der Waals surface area contributed by atoms with E-state index in [0.29, 0.717) is 12.0 Å². The van der Waals surface area contributed by atoms with Crippen LogP contribution in [0.5, 0.6) is 0 Å². The van der Waals surface area contributed by atoms with E-state index in [0.717, 1.165) is 16.6 Å². The molecule has 1 aromatic heterocycles. The fourth-order valence-corrected chi connectivity index (χ4v) is 3.61. The number of fused-ring (bicyclic) bond motifs is 1. The molecule has 2 unspecified atom stereocenters. The van der Waals surface area contributed by atoms with Gasteiger partial charge in [-0.25, -0.2) is 0 Å². The number of H-pyrrole nitrogens is 1. The van der Waals surface area contributed by atoms with Crippen LogP contribution < -0.4 is 0 Å². The lowest BCUT2D eigenvalue weighted by molar-refractivity contribution is 0.539. The fraction of sp³-hybridized carbons (Fsp3) is 0.818. The molecule has 0 aromatic carbocycles. The summed E-state index contributed by atoms with van der Waals surface area (Å²) < 4.78 is 2.98. The van der Waals surface area contributed by atoms with Crippen LogP contribution in [0, 0.1) is 16.6 Å². The zero-order valence-electron chi connectivity index (χ0n) is 9.23. The molecule has 2 fully saturated rings. The summed E-state index contributed by atoms with van der Waals surface area (Å²) in [4.78, 5) is 0. The summed E-state index contributed by atoms with van der Waals surface area (Å²) in [6, 6.07) is 0.424. The van der Waals surface area contributed by atoms with Gasteiger partial charge in [-0.1, -0.05) is 6.42 Å². The second-order valence-corrected chi connectivity index (χ2v) is 5.52. The van der Waals surface area contributed by atoms with Gasteiger partial charge in [-0.3, -0.25) is 5.10 Å². The van der Waals surface area contributed by atoms with E-state index in [-0.39, 0.29) is 0 Å². The van der Waals surface area contributed by atoms with Gasteiger partial charge in [0.15, 0.2) is 4.77 Å². The highest BCUT2D eigenvalue weighted by Crippen LogP contribution is 2.62. The Labute approximate surface area is 94.9 Å². The van der Waals surface area contributed by atoms with Gasteiger partial charge >= 0.3 is 0 Å². The van der Waals surface area contributed by atoms with Crippen molar-refractivity contribution in [3.63, 3.8) is 0 Å². The topological polar surface area (TPSA) is 33.6 Å². The molecule has 82 valence electrons. The minimum atomic E-state index is 0.424. The van der Waals surface area contributed by atoms with Gasteiger partial charge in [0.05, 0.1) is 0 Å². The Morgan fingerprint density at radius 2 is 2.07 bits per heavy atom. The fourth-order valence-electron chi connectivity index (χ4n) is 3.26. The monoisotopic (exact) mass is 223 g/mol. The molecule has 1 N–H and O–H groups in total. The van der Waals surface area contributed by atoms with Gasteiger partial charge in [0.25, 0.3) is 0 Å². The smallest absolute Gasteiger partial charge is 0.195 e. The molecule has 0 spiro atoms. The first-order valence-corrected chi connectivity index (χ1v) is 6.27. The highest BCUT2D eigenvalue weighted by molar-refractivity contribution is 7.71. The maximum atomic E-state index is 5.27. The van der Waals surface area contributed by atoms with Crippen LogP contribution in [-0.2, 0) is 0 Å². The SMILES string of the molecule is CC(C)n1c(C2C3CCCC32)n[nH]c1=S.